The van der Waals surface area contributed by atoms with E-state index in [1.54, 1.807) is 30.5 Å². The van der Waals surface area contributed by atoms with Crippen molar-refractivity contribution < 1.29 is 18.3 Å². The molecule has 2 aromatic carbocycles. The highest BCUT2D eigenvalue weighted by Crippen LogP contribution is 2.37. The van der Waals surface area contributed by atoms with Crippen LogP contribution in [-0.2, 0) is 13.0 Å². The number of halogens is 3. The van der Waals surface area contributed by atoms with Crippen LogP contribution in [0.25, 0.3) is 11.0 Å². The lowest BCUT2D eigenvalue weighted by Gasteiger charge is -2.16. The van der Waals surface area contributed by atoms with Gasteiger partial charge in [0.1, 0.15) is 23.0 Å². The lowest BCUT2D eigenvalue weighted by atomic mass is 10.1. The Morgan fingerprint density at radius 2 is 2.00 bits per heavy atom. The number of hydrogen-bond acceptors (Lipinski definition) is 5. The molecule has 0 N–H and O–H groups in total. The van der Waals surface area contributed by atoms with Gasteiger partial charge in [0.25, 0.3) is 0 Å². The van der Waals surface area contributed by atoms with Gasteiger partial charge in [0.2, 0.25) is 5.88 Å². The number of hydrogen-bond donors (Lipinski definition) is 0. The first-order chi connectivity index (χ1) is 14.1. The first kappa shape index (κ1) is 17.8. The summed E-state index contributed by atoms with van der Waals surface area (Å²) in [4.78, 5) is 13.3. The quantitative estimate of drug-likeness (QED) is 0.414. The van der Waals surface area contributed by atoms with E-state index >= 15 is 0 Å². The summed E-state index contributed by atoms with van der Waals surface area (Å²) in [5.74, 6) is 1.37. The average Bonchev–Trinajstić information content (AvgIpc) is 3.03. The van der Waals surface area contributed by atoms with E-state index in [4.69, 9.17) is 26.1 Å². The SMILES string of the molecule is FC(F)Oc1cccc2c1Cn1c(nc3ccc(Cl)cc31)Cc1nccnc1O2. The fourth-order valence-electron chi connectivity index (χ4n) is 3.43. The number of imidazole rings is 1. The Bertz CT molecular complexity index is 1230. The molecule has 9 heteroatoms. The Morgan fingerprint density at radius 1 is 1.14 bits per heavy atom. The van der Waals surface area contributed by atoms with E-state index < -0.39 is 6.61 Å². The van der Waals surface area contributed by atoms with Crippen molar-refractivity contribution in [2.45, 2.75) is 19.6 Å². The minimum Gasteiger partial charge on any atom is -0.437 e. The smallest absolute Gasteiger partial charge is 0.387 e. The van der Waals surface area contributed by atoms with Crippen LogP contribution in [0.4, 0.5) is 8.78 Å². The molecule has 0 amide bonds. The summed E-state index contributed by atoms with van der Waals surface area (Å²) in [7, 11) is 0. The van der Waals surface area contributed by atoms with Crippen LogP contribution in [0, 0.1) is 0 Å². The van der Waals surface area contributed by atoms with Gasteiger partial charge in [-0.1, -0.05) is 17.7 Å². The van der Waals surface area contributed by atoms with Gasteiger partial charge in [-0.2, -0.15) is 8.78 Å². The largest absolute Gasteiger partial charge is 0.437 e. The van der Waals surface area contributed by atoms with Crippen LogP contribution >= 0.6 is 11.6 Å². The average molecular weight is 415 g/mol. The maximum Gasteiger partial charge on any atom is 0.387 e. The third kappa shape index (κ3) is 3.25. The first-order valence-corrected chi connectivity index (χ1v) is 9.15. The molecule has 4 aromatic rings. The number of alkyl halides is 2. The molecule has 3 heterocycles. The lowest BCUT2D eigenvalue weighted by Crippen LogP contribution is -2.09. The third-order valence-corrected chi connectivity index (χ3v) is 4.91. The number of benzene rings is 2. The molecule has 6 nitrogen and oxygen atoms in total. The summed E-state index contributed by atoms with van der Waals surface area (Å²) in [6, 6.07) is 10.1. The fraction of sp³-hybridized carbons (Fsp3) is 0.150. The van der Waals surface area contributed by atoms with E-state index in [-0.39, 0.29) is 12.3 Å². The summed E-state index contributed by atoms with van der Waals surface area (Å²) in [5, 5.41) is 0.550. The van der Waals surface area contributed by atoms with Crippen molar-refractivity contribution in [1.82, 2.24) is 19.5 Å². The highest BCUT2D eigenvalue weighted by atomic mass is 35.5. The zero-order chi connectivity index (χ0) is 20.0. The van der Waals surface area contributed by atoms with E-state index in [2.05, 4.69) is 9.97 Å². The monoisotopic (exact) mass is 414 g/mol. The summed E-state index contributed by atoms with van der Waals surface area (Å²) in [5.41, 5.74) is 2.55. The van der Waals surface area contributed by atoms with Gasteiger partial charge >= 0.3 is 6.61 Å². The number of nitrogens with zero attached hydrogens (tertiary/aromatic N) is 4. The molecule has 0 unspecified atom stereocenters. The van der Waals surface area contributed by atoms with Crippen molar-refractivity contribution in [2.24, 2.45) is 0 Å². The maximum atomic E-state index is 13.0. The molecule has 0 bridgehead atoms. The second-order valence-electron chi connectivity index (χ2n) is 6.45. The molecule has 29 heavy (non-hydrogen) atoms. The van der Waals surface area contributed by atoms with Crippen molar-refractivity contribution in [3.63, 3.8) is 0 Å². The maximum absolute atomic E-state index is 13.0. The van der Waals surface area contributed by atoms with Gasteiger partial charge in [-0.15, -0.1) is 0 Å². The molecule has 0 aliphatic carbocycles. The van der Waals surface area contributed by atoms with Crippen LogP contribution < -0.4 is 9.47 Å². The highest BCUT2D eigenvalue weighted by molar-refractivity contribution is 6.31. The van der Waals surface area contributed by atoms with E-state index in [0.717, 1.165) is 11.0 Å². The molecular formula is C20H13ClF2N4O2. The molecule has 0 saturated carbocycles. The zero-order valence-corrected chi connectivity index (χ0v) is 15.6. The van der Waals surface area contributed by atoms with Crippen LogP contribution in [-0.4, -0.2) is 26.1 Å². The number of aromatic nitrogens is 4. The summed E-state index contributed by atoms with van der Waals surface area (Å²) >= 11 is 6.19. The van der Waals surface area contributed by atoms with E-state index in [9.17, 15) is 8.78 Å². The molecular weight excluding hydrogens is 402 g/mol. The predicted molar refractivity (Wildman–Crippen MR) is 102 cm³/mol. The first-order valence-electron chi connectivity index (χ1n) is 8.77. The standard InChI is InChI=1S/C20H13ClF2N4O2/c21-11-4-5-13-15(8-11)27-10-12-16(2-1-3-17(12)29-20(22)23)28-19-14(9-18(27)26-13)24-6-7-25-19/h1-8,20H,9-10H2. The van der Waals surface area contributed by atoms with Crippen LogP contribution in [0.2, 0.25) is 5.02 Å². The number of fused-ring (bicyclic) bond motifs is 5. The molecule has 146 valence electrons. The van der Waals surface area contributed by atoms with Crippen molar-refractivity contribution in [3.8, 4) is 17.4 Å². The number of ether oxygens (including phenoxy) is 2. The van der Waals surface area contributed by atoms with Gasteiger partial charge in [-0.05, 0) is 30.3 Å². The van der Waals surface area contributed by atoms with Gasteiger partial charge in [0, 0.05) is 17.4 Å². The van der Waals surface area contributed by atoms with Crippen molar-refractivity contribution in [2.75, 3.05) is 0 Å². The molecule has 0 radical (unpaired) electrons. The van der Waals surface area contributed by atoms with E-state index in [1.807, 2.05) is 10.6 Å². The van der Waals surface area contributed by atoms with Crippen LogP contribution in [0.15, 0.2) is 48.8 Å². The van der Waals surface area contributed by atoms with Crippen LogP contribution in [0.3, 0.4) is 0 Å². The molecule has 0 atom stereocenters. The summed E-state index contributed by atoms with van der Waals surface area (Å²) < 4.78 is 38.6. The van der Waals surface area contributed by atoms with E-state index in [1.165, 1.54) is 12.3 Å². The van der Waals surface area contributed by atoms with Crippen LogP contribution in [0.5, 0.6) is 17.4 Å². The van der Waals surface area contributed by atoms with Crippen molar-refractivity contribution in [1.29, 1.82) is 0 Å². The fourth-order valence-corrected chi connectivity index (χ4v) is 3.60. The minimum absolute atomic E-state index is 0.0275. The Kier molecular flexibility index (Phi) is 4.28. The van der Waals surface area contributed by atoms with Gasteiger partial charge in [0.05, 0.1) is 29.6 Å². The van der Waals surface area contributed by atoms with Crippen molar-refractivity contribution >= 4 is 22.6 Å². The lowest BCUT2D eigenvalue weighted by molar-refractivity contribution is -0.0505. The molecule has 1 aliphatic rings. The molecule has 0 spiro atoms. The number of rotatable bonds is 2. The Balaban J connectivity index is 1.78. The van der Waals surface area contributed by atoms with Crippen molar-refractivity contribution in [3.05, 3.63) is 70.9 Å². The normalized spacial score (nSPS) is 13.0. The summed E-state index contributed by atoms with van der Waals surface area (Å²) in [6.07, 6.45) is 3.44. The molecule has 0 fully saturated rings. The van der Waals surface area contributed by atoms with Gasteiger partial charge < -0.3 is 14.0 Å². The van der Waals surface area contributed by atoms with Gasteiger partial charge in [0.15, 0.2) is 0 Å². The van der Waals surface area contributed by atoms with Crippen LogP contribution in [0.1, 0.15) is 17.1 Å². The topological polar surface area (TPSA) is 62.1 Å². The zero-order valence-electron chi connectivity index (χ0n) is 14.8. The van der Waals surface area contributed by atoms with Gasteiger partial charge in [-0.25, -0.2) is 9.97 Å². The Labute approximate surface area is 168 Å². The van der Waals surface area contributed by atoms with E-state index in [0.29, 0.717) is 40.2 Å². The Morgan fingerprint density at radius 3 is 2.86 bits per heavy atom. The minimum atomic E-state index is -2.96. The molecule has 5 rings (SSSR count). The second-order valence-corrected chi connectivity index (χ2v) is 6.88. The Hall–Kier alpha value is -3.26. The third-order valence-electron chi connectivity index (χ3n) is 4.68. The molecule has 0 saturated heterocycles. The molecule has 2 aromatic heterocycles. The summed E-state index contributed by atoms with van der Waals surface area (Å²) in [6.45, 7) is -2.76. The molecule has 1 aliphatic heterocycles. The highest BCUT2D eigenvalue weighted by Gasteiger charge is 2.23. The van der Waals surface area contributed by atoms with Gasteiger partial charge in [-0.3, -0.25) is 4.98 Å². The second kappa shape index (κ2) is 6.97. The predicted octanol–water partition coefficient (Wildman–Crippen LogP) is 4.83.